The average Bonchev–Trinajstić information content (AvgIpc) is 2.28. The Morgan fingerprint density at radius 2 is 2.11 bits per heavy atom. The number of rotatable bonds is 6. The van der Waals surface area contributed by atoms with Crippen LogP contribution in [0.2, 0.25) is 0 Å². The maximum Gasteiger partial charge on any atom is 0.320 e. The molecule has 0 heterocycles. The van der Waals surface area contributed by atoms with Crippen molar-refractivity contribution in [2.24, 2.45) is 5.92 Å². The van der Waals surface area contributed by atoms with E-state index in [0.717, 1.165) is 16.9 Å². The average molecular weight is 251 g/mol. The Hall–Kier alpha value is -1.55. The molecule has 1 rings (SSSR count). The van der Waals surface area contributed by atoms with Crippen molar-refractivity contribution in [1.82, 2.24) is 5.32 Å². The van der Waals surface area contributed by atoms with Crippen LogP contribution in [-0.2, 0) is 11.3 Å². The van der Waals surface area contributed by atoms with Gasteiger partial charge in [0.1, 0.15) is 11.8 Å². The molecule has 0 bridgehead atoms. The largest absolute Gasteiger partial charge is 0.496 e. The van der Waals surface area contributed by atoms with Gasteiger partial charge in [0.2, 0.25) is 0 Å². The molecule has 1 aromatic carbocycles. The minimum atomic E-state index is -0.823. The molecule has 0 amide bonds. The second kappa shape index (κ2) is 6.40. The van der Waals surface area contributed by atoms with Gasteiger partial charge in [0, 0.05) is 12.1 Å². The lowest BCUT2D eigenvalue weighted by Crippen LogP contribution is -2.40. The highest BCUT2D eigenvalue weighted by atomic mass is 16.5. The summed E-state index contributed by atoms with van der Waals surface area (Å²) in [7, 11) is 1.62. The predicted octanol–water partition coefficient (Wildman–Crippen LogP) is 2.20. The number of methoxy groups -OCH3 is 1. The molecule has 1 atom stereocenters. The molecule has 0 saturated heterocycles. The Kier molecular flexibility index (Phi) is 5.16. The van der Waals surface area contributed by atoms with E-state index in [2.05, 4.69) is 5.32 Å². The first-order valence-corrected chi connectivity index (χ1v) is 6.05. The zero-order chi connectivity index (χ0) is 13.7. The number of carboxylic acids is 1. The van der Waals surface area contributed by atoms with Gasteiger partial charge in [-0.2, -0.15) is 0 Å². The van der Waals surface area contributed by atoms with Gasteiger partial charge in [-0.1, -0.05) is 31.5 Å². The van der Waals surface area contributed by atoms with Gasteiger partial charge < -0.3 is 9.84 Å². The SMILES string of the molecule is COc1ccc(C)cc1CN[C@H](C(=O)O)C(C)C. The molecule has 18 heavy (non-hydrogen) atoms. The van der Waals surface area contributed by atoms with E-state index < -0.39 is 12.0 Å². The fraction of sp³-hybridized carbons (Fsp3) is 0.500. The summed E-state index contributed by atoms with van der Waals surface area (Å²) in [6.07, 6.45) is 0. The van der Waals surface area contributed by atoms with E-state index in [1.54, 1.807) is 7.11 Å². The van der Waals surface area contributed by atoms with Crippen LogP contribution in [0.5, 0.6) is 5.75 Å². The van der Waals surface area contributed by atoms with Crippen LogP contribution < -0.4 is 10.1 Å². The lowest BCUT2D eigenvalue weighted by Gasteiger charge is -2.19. The highest BCUT2D eigenvalue weighted by Gasteiger charge is 2.20. The summed E-state index contributed by atoms with van der Waals surface area (Å²) in [5.41, 5.74) is 2.11. The van der Waals surface area contributed by atoms with Crippen LogP contribution in [0.4, 0.5) is 0 Å². The van der Waals surface area contributed by atoms with Gasteiger partial charge in [0.15, 0.2) is 0 Å². The van der Waals surface area contributed by atoms with Crippen molar-refractivity contribution < 1.29 is 14.6 Å². The minimum absolute atomic E-state index is 0.0401. The molecule has 4 nitrogen and oxygen atoms in total. The fourth-order valence-corrected chi connectivity index (χ4v) is 1.87. The molecule has 0 fully saturated rings. The number of hydrogen-bond acceptors (Lipinski definition) is 3. The molecule has 1 aromatic rings. The van der Waals surface area contributed by atoms with Crippen LogP contribution in [0.25, 0.3) is 0 Å². The van der Waals surface area contributed by atoms with Crippen molar-refractivity contribution in [2.75, 3.05) is 7.11 Å². The van der Waals surface area contributed by atoms with E-state index in [0.29, 0.717) is 6.54 Å². The quantitative estimate of drug-likeness (QED) is 0.813. The molecule has 0 saturated carbocycles. The zero-order valence-electron chi connectivity index (χ0n) is 11.4. The third-order valence-corrected chi connectivity index (χ3v) is 2.88. The second-order valence-corrected chi connectivity index (χ2v) is 4.76. The van der Waals surface area contributed by atoms with Crippen LogP contribution >= 0.6 is 0 Å². The molecule has 100 valence electrons. The van der Waals surface area contributed by atoms with E-state index in [4.69, 9.17) is 9.84 Å². The first kappa shape index (κ1) is 14.5. The van der Waals surface area contributed by atoms with Crippen molar-refractivity contribution in [3.8, 4) is 5.75 Å². The number of benzene rings is 1. The molecule has 0 spiro atoms. The summed E-state index contributed by atoms with van der Waals surface area (Å²) in [6, 6.07) is 5.33. The van der Waals surface area contributed by atoms with E-state index in [-0.39, 0.29) is 5.92 Å². The van der Waals surface area contributed by atoms with Crippen LogP contribution in [0.1, 0.15) is 25.0 Å². The van der Waals surface area contributed by atoms with E-state index >= 15 is 0 Å². The van der Waals surface area contributed by atoms with Gasteiger partial charge in [-0.3, -0.25) is 10.1 Å². The number of carbonyl (C=O) groups is 1. The predicted molar refractivity (Wildman–Crippen MR) is 70.8 cm³/mol. The maximum absolute atomic E-state index is 11.1. The molecule has 0 unspecified atom stereocenters. The topological polar surface area (TPSA) is 58.6 Å². The number of ether oxygens (including phenoxy) is 1. The smallest absolute Gasteiger partial charge is 0.320 e. The Bertz CT molecular complexity index is 416. The number of aryl methyl sites for hydroxylation is 1. The van der Waals surface area contributed by atoms with E-state index in [9.17, 15) is 4.79 Å². The van der Waals surface area contributed by atoms with Gasteiger partial charge in [-0.25, -0.2) is 0 Å². The van der Waals surface area contributed by atoms with Gasteiger partial charge >= 0.3 is 5.97 Å². The highest BCUT2D eigenvalue weighted by molar-refractivity contribution is 5.73. The summed E-state index contributed by atoms with van der Waals surface area (Å²) >= 11 is 0. The van der Waals surface area contributed by atoms with Crippen molar-refractivity contribution in [1.29, 1.82) is 0 Å². The summed E-state index contributed by atoms with van der Waals surface area (Å²) in [5, 5.41) is 12.2. The van der Waals surface area contributed by atoms with Gasteiger partial charge in [0.05, 0.1) is 7.11 Å². The Labute approximate surface area is 108 Å². The third kappa shape index (κ3) is 3.74. The Morgan fingerprint density at radius 3 is 2.61 bits per heavy atom. The van der Waals surface area contributed by atoms with Gasteiger partial charge in [-0.15, -0.1) is 0 Å². The monoisotopic (exact) mass is 251 g/mol. The summed E-state index contributed by atoms with van der Waals surface area (Å²) in [5.74, 6) is -0.00378. The van der Waals surface area contributed by atoms with Crippen LogP contribution in [0.15, 0.2) is 18.2 Å². The molecule has 0 aliphatic carbocycles. The number of hydrogen-bond donors (Lipinski definition) is 2. The third-order valence-electron chi connectivity index (χ3n) is 2.88. The molecule has 0 aromatic heterocycles. The lowest BCUT2D eigenvalue weighted by atomic mass is 10.0. The van der Waals surface area contributed by atoms with Crippen molar-refractivity contribution in [3.63, 3.8) is 0 Å². The number of nitrogens with one attached hydrogen (secondary N) is 1. The zero-order valence-corrected chi connectivity index (χ0v) is 11.4. The summed E-state index contributed by atoms with van der Waals surface area (Å²) in [6.45, 7) is 6.26. The van der Waals surface area contributed by atoms with Crippen molar-refractivity contribution >= 4 is 5.97 Å². The van der Waals surface area contributed by atoms with Crippen molar-refractivity contribution in [3.05, 3.63) is 29.3 Å². The normalized spacial score (nSPS) is 12.5. The summed E-state index contributed by atoms with van der Waals surface area (Å²) < 4.78 is 5.27. The van der Waals surface area contributed by atoms with Crippen LogP contribution in [0.3, 0.4) is 0 Å². The Balaban J connectivity index is 2.78. The number of carboxylic acid groups (broad SMARTS) is 1. The standard InChI is InChI=1S/C14H21NO3/c1-9(2)13(14(16)17)15-8-11-7-10(3)5-6-12(11)18-4/h5-7,9,13,15H,8H2,1-4H3,(H,16,17)/t13-/m0/s1. The maximum atomic E-state index is 11.1. The summed E-state index contributed by atoms with van der Waals surface area (Å²) in [4.78, 5) is 11.1. The highest BCUT2D eigenvalue weighted by Crippen LogP contribution is 2.19. The lowest BCUT2D eigenvalue weighted by molar-refractivity contribution is -0.140. The number of aliphatic carboxylic acids is 1. The first-order valence-electron chi connectivity index (χ1n) is 6.05. The molecule has 2 N–H and O–H groups in total. The van der Waals surface area contributed by atoms with Gasteiger partial charge in [0.25, 0.3) is 0 Å². The molecule has 4 heteroatoms. The second-order valence-electron chi connectivity index (χ2n) is 4.76. The fourth-order valence-electron chi connectivity index (χ4n) is 1.87. The molecule has 0 radical (unpaired) electrons. The molecular formula is C14H21NO3. The van der Waals surface area contributed by atoms with Crippen molar-refractivity contribution in [2.45, 2.75) is 33.4 Å². The van der Waals surface area contributed by atoms with E-state index in [1.165, 1.54) is 0 Å². The molecular weight excluding hydrogens is 230 g/mol. The van der Waals surface area contributed by atoms with Gasteiger partial charge in [-0.05, 0) is 18.9 Å². The van der Waals surface area contributed by atoms with Crippen LogP contribution in [-0.4, -0.2) is 24.2 Å². The van der Waals surface area contributed by atoms with E-state index in [1.807, 2.05) is 39.0 Å². The minimum Gasteiger partial charge on any atom is -0.496 e. The Morgan fingerprint density at radius 1 is 1.44 bits per heavy atom. The first-order chi connectivity index (χ1) is 8.45. The molecule has 0 aliphatic rings. The molecule has 0 aliphatic heterocycles. The van der Waals surface area contributed by atoms with Crippen LogP contribution in [0, 0.1) is 12.8 Å².